The molecule has 0 bridgehead atoms. The fourth-order valence-electron chi connectivity index (χ4n) is 0.714. The van der Waals surface area contributed by atoms with E-state index in [0.29, 0.717) is 0 Å². The van der Waals surface area contributed by atoms with Gasteiger partial charge in [-0.2, -0.15) is 0 Å². The Hall–Kier alpha value is -2.24. The Morgan fingerprint density at radius 1 is 0.950 bits per heavy atom. The van der Waals surface area contributed by atoms with Gasteiger partial charge in [-0.3, -0.25) is 9.59 Å². The molecule has 0 amide bonds. The van der Waals surface area contributed by atoms with Gasteiger partial charge < -0.3 is 36.1 Å². The summed E-state index contributed by atoms with van der Waals surface area (Å²) < 4.78 is 0. The summed E-state index contributed by atoms with van der Waals surface area (Å²) in [6, 6.07) is 0. The maximum Gasteiger partial charge on any atom is 0.336 e. The molecule has 0 aromatic rings. The number of carboxylic acid groups (broad SMARTS) is 4. The number of aliphatic carboxylic acids is 4. The molecule has 0 aromatic carbocycles. The van der Waals surface area contributed by atoms with Crippen LogP contribution < -0.4 is 0 Å². The molecule has 0 aliphatic rings. The van der Waals surface area contributed by atoms with Gasteiger partial charge in [0, 0.05) is 0 Å². The van der Waals surface area contributed by atoms with Crippen molar-refractivity contribution in [3.05, 3.63) is 0 Å². The van der Waals surface area contributed by atoms with Gasteiger partial charge in [0.1, 0.15) is 6.10 Å². The quantitative estimate of drug-likeness (QED) is 0.299. The molecule has 8 N–H and O–H groups in total. The average molecular weight is 300 g/mol. The molecule has 20 heavy (non-hydrogen) atoms. The van der Waals surface area contributed by atoms with Gasteiger partial charge in [0.25, 0.3) is 0 Å². The minimum atomic E-state index is -2.74. The molecule has 1 unspecified atom stereocenters. The number of carbonyl (C=O) groups is 4. The highest BCUT2D eigenvalue weighted by Gasteiger charge is 2.40. The number of carboxylic acids is 4. The van der Waals surface area contributed by atoms with Gasteiger partial charge in [-0.05, 0) is 6.92 Å². The molecule has 11 heteroatoms. The van der Waals surface area contributed by atoms with E-state index in [9.17, 15) is 19.2 Å². The smallest absolute Gasteiger partial charge is 0.336 e. The lowest BCUT2D eigenvalue weighted by atomic mass is 9.96. The van der Waals surface area contributed by atoms with Crippen LogP contribution in [-0.4, -0.2) is 71.7 Å². The van der Waals surface area contributed by atoms with E-state index in [1.165, 1.54) is 6.92 Å². The maximum absolute atomic E-state index is 10.3. The van der Waals surface area contributed by atoms with E-state index < -0.39 is 48.4 Å². The fourth-order valence-corrected chi connectivity index (χ4v) is 0.714. The first-order chi connectivity index (χ1) is 8.42. The average Bonchev–Trinajstić information content (AvgIpc) is 2.14. The summed E-state index contributed by atoms with van der Waals surface area (Å²) in [4.78, 5) is 39.9. The monoisotopic (exact) mass is 300 g/mol. The Balaban J connectivity index is -0.000000352. The van der Waals surface area contributed by atoms with E-state index >= 15 is 0 Å². The molecule has 11 nitrogen and oxygen atoms in total. The Morgan fingerprint density at radius 3 is 1.30 bits per heavy atom. The SMILES string of the molecule is CC(O)C(=O)O.O.O=C(O)CC(O)(CC(=O)O)C(=O)O. The third kappa shape index (κ3) is 10.9. The van der Waals surface area contributed by atoms with Crippen molar-refractivity contribution in [2.24, 2.45) is 0 Å². The highest BCUT2D eigenvalue weighted by Crippen LogP contribution is 2.15. The van der Waals surface area contributed by atoms with Gasteiger partial charge in [0.05, 0.1) is 12.8 Å². The van der Waals surface area contributed by atoms with Gasteiger partial charge >= 0.3 is 23.9 Å². The third-order valence-corrected chi connectivity index (χ3v) is 1.64. The van der Waals surface area contributed by atoms with Crippen LogP contribution in [-0.2, 0) is 19.2 Å². The lowest BCUT2D eigenvalue weighted by molar-refractivity contribution is -0.170. The second kappa shape index (κ2) is 9.66. The Labute approximate surface area is 112 Å². The van der Waals surface area contributed by atoms with Crippen LogP contribution in [0.5, 0.6) is 0 Å². The standard InChI is InChI=1S/C6H8O7.C3H6O3.H2O/c7-3(8)1-6(13,5(11)12)2-4(9)10;1-2(4)3(5)6;/h13H,1-2H2,(H,7,8)(H,9,10)(H,11,12);2,4H,1H3,(H,5,6);1H2. The lowest BCUT2D eigenvalue weighted by Gasteiger charge is -2.18. The summed E-state index contributed by atoms with van der Waals surface area (Å²) in [7, 11) is 0. The van der Waals surface area contributed by atoms with Crippen molar-refractivity contribution in [1.82, 2.24) is 0 Å². The second-order valence-corrected chi connectivity index (χ2v) is 3.49. The van der Waals surface area contributed by atoms with Crippen molar-refractivity contribution >= 4 is 23.9 Å². The zero-order valence-electron chi connectivity index (χ0n) is 10.3. The van der Waals surface area contributed by atoms with Crippen LogP contribution >= 0.6 is 0 Å². The van der Waals surface area contributed by atoms with Gasteiger partial charge in [-0.25, -0.2) is 9.59 Å². The Bertz CT molecular complexity index is 343. The van der Waals surface area contributed by atoms with Crippen LogP contribution in [0.3, 0.4) is 0 Å². The van der Waals surface area contributed by atoms with E-state index in [1.807, 2.05) is 0 Å². The molecular formula is C9H16O11. The number of aliphatic hydroxyl groups is 2. The summed E-state index contributed by atoms with van der Waals surface area (Å²) >= 11 is 0. The zero-order valence-corrected chi connectivity index (χ0v) is 10.3. The van der Waals surface area contributed by atoms with Crippen molar-refractivity contribution in [3.63, 3.8) is 0 Å². The molecule has 0 aliphatic carbocycles. The van der Waals surface area contributed by atoms with Crippen LogP contribution in [0.2, 0.25) is 0 Å². The van der Waals surface area contributed by atoms with Crippen molar-refractivity contribution in [2.45, 2.75) is 31.5 Å². The van der Waals surface area contributed by atoms with Crippen LogP contribution in [0.15, 0.2) is 0 Å². The maximum atomic E-state index is 10.3. The molecule has 0 aromatic heterocycles. The minimum Gasteiger partial charge on any atom is -0.481 e. The first-order valence-corrected chi connectivity index (χ1v) is 4.72. The van der Waals surface area contributed by atoms with Crippen LogP contribution in [0.1, 0.15) is 19.8 Å². The van der Waals surface area contributed by atoms with Gasteiger partial charge in [-0.15, -0.1) is 0 Å². The van der Waals surface area contributed by atoms with E-state index in [0.717, 1.165) is 0 Å². The highest BCUT2D eigenvalue weighted by molar-refractivity contribution is 5.88. The highest BCUT2D eigenvalue weighted by atomic mass is 16.4. The Morgan fingerprint density at radius 2 is 1.20 bits per heavy atom. The molecule has 0 saturated carbocycles. The summed E-state index contributed by atoms with van der Waals surface area (Å²) in [5.41, 5.74) is -2.74. The molecule has 1 atom stereocenters. The minimum absolute atomic E-state index is 0. The number of hydrogen-bond donors (Lipinski definition) is 6. The molecule has 0 saturated heterocycles. The van der Waals surface area contributed by atoms with Crippen molar-refractivity contribution in [3.8, 4) is 0 Å². The van der Waals surface area contributed by atoms with Gasteiger partial charge in [0.15, 0.2) is 5.60 Å². The van der Waals surface area contributed by atoms with Gasteiger partial charge in [0.2, 0.25) is 0 Å². The zero-order chi connectivity index (χ0) is 15.8. The number of rotatable bonds is 6. The summed E-state index contributed by atoms with van der Waals surface area (Å²) in [5.74, 6) is -6.20. The van der Waals surface area contributed by atoms with Crippen molar-refractivity contribution in [1.29, 1.82) is 0 Å². The van der Waals surface area contributed by atoms with Crippen molar-refractivity contribution < 1.29 is 55.3 Å². The van der Waals surface area contributed by atoms with Crippen LogP contribution in [0.25, 0.3) is 0 Å². The molecule has 0 rings (SSSR count). The molecule has 0 heterocycles. The molecule has 0 aliphatic heterocycles. The van der Waals surface area contributed by atoms with E-state index in [4.69, 9.17) is 30.6 Å². The fraction of sp³-hybridized carbons (Fsp3) is 0.556. The normalized spacial score (nSPS) is 11.2. The predicted molar refractivity (Wildman–Crippen MR) is 60.0 cm³/mol. The summed E-state index contributed by atoms with van der Waals surface area (Å²) in [5, 5.41) is 49.6. The van der Waals surface area contributed by atoms with E-state index in [-0.39, 0.29) is 5.48 Å². The lowest BCUT2D eigenvalue weighted by Crippen LogP contribution is -2.42. The molecule has 118 valence electrons. The molecule has 0 spiro atoms. The second-order valence-electron chi connectivity index (χ2n) is 3.49. The van der Waals surface area contributed by atoms with Crippen LogP contribution in [0, 0.1) is 0 Å². The largest absolute Gasteiger partial charge is 0.481 e. The van der Waals surface area contributed by atoms with E-state index in [1.54, 1.807) is 0 Å². The Kier molecular flexibility index (Phi) is 11.1. The van der Waals surface area contributed by atoms with Gasteiger partial charge in [-0.1, -0.05) is 0 Å². The van der Waals surface area contributed by atoms with E-state index in [2.05, 4.69) is 0 Å². The predicted octanol–water partition coefficient (Wildman–Crippen LogP) is -2.62. The first kappa shape index (κ1) is 22.9. The van der Waals surface area contributed by atoms with Crippen molar-refractivity contribution in [2.75, 3.05) is 0 Å². The third-order valence-electron chi connectivity index (χ3n) is 1.64. The number of hydrogen-bond acceptors (Lipinski definition) is 6. The summed E-state index contributed by atoms with van der Waals surface area (Å²) in [6.45, 7) is 1.20. The van der Waals surface area contributed by atoms with Crippen LogP contribution in [0.4, 0.5) is 0 Å². The number of aliphatic hydroxyl groups excluding tert-OH is 1. The first-order valence-electron chi connectivity index (χ1n) is 4.72. The summed E-state index contributed by atoms with van der Waals surface area (Å²) in [6.07, 6.45) is -3.52. The molecular weight excluding hydrogens is 284 g/mol. The molecule has 0 fully saturated rings. The topological polar surface area (TPSA) is 221 Å². The molecule has 0 radical (unpaired) electrons.